The predicted molar refractivity (Wildman–Crippen MR) is 116 cm³/mol. The average molecular weight is 426 g/mol. The highest BCUT2D eigenvalue weighted by atomic mass is 16.6. The number of rotatable bonds is 6. The van der Waals surface area contributed by atoms with Crippen molar-refractivity contribution in [1.82, 2.24) is 10.2 Å². The molecule has 0 atom stereocenters. The molecular formula is C22H26N4O5. The average Bonchev–Trinajstić information content (AvgIpc) is 2.78. The number of nitrogens with one attached hydrogen (secondary N) is 2. The first-order valence-corrected chi connectivity index (χ1v) is 10.1. The van der Waals surface area contributed by atoms with E-state index in [1.54, 1.807) is 37.1 Å². The Labute approximate surface area is 180 Å². The summed E-state index contributed by atoms with van der Waals surface area (Å²) in [5.74, 6) is 0.515. The fourth-order valence-electron chi connectivity index (χ4n) is 3.68. The van der Waals surface area contributed by atoms with Crippen molar-refractivity contribution in [3.8, 4) is 5.75 Å². The van der Waals surface area contributed by atoms with Gasteiger partial charge in [0.05, 0.1) is 17.7 Å². The fourth-order valence-corrected chi connectivity index (χ4v) is 3.68. The second kappa shape index (κ2) is 9.92. The Bertz CT molecular complexity index is 970. The van der Waals surface area contributed by atoms with Crippen LogP contribution < -0.4 is 15.4 Å². The van der Waals surface area contributed by atoms with Crippen molar-refractivity contribution in [3.63, 3.8) is 0 Å². The number of likely N-dealkylation sites (tertiary alicyclic amines) is 1. The highest BCUT2D eigenvalue weighted by Crippen LogP contribution is 2.25. The van der Waals surface area contributed by atoms with Crippen molar-refractivity contribution < 1.29 is 19.2 Å². The van der Waals surface area contributed by atoms with Crippen LogP contribution in [0.2, 0.25) is 0 Å². The van der Waals surface area contributed by atoms with Gasteiger partial charge in [-0.15, -0.1) is 0 Å². The maximum absolute atomic E-state index is 12.6. The summed E-state index contributed by atoms with van der Waals surface area (Å²) in [6, 6.07) is 11.5. The monoisotopic (exact) mass is 426 g/mol. The molecule has 0 saturated carbocycles. The van der Waals surface area contributed by atoms with E-state index in [-0.39, 0.29) is 23.5 Å². The van der Waals surface area contributed by atoms with Crippen LogP contribution in [0.5, 0.6) is 5.75 Å². The lowest BCUT2D eigenvalue weighted by atomic mass is 9.96. The molecule has 0 aromatic heterocycles. The zero-order valence-corrected chi connectivity index (χ0v) is 17.6. The topological polar surface area (TPSA) is 114 Å². The molecule has 2 aromatic rings. The van der Waals surface area contributed by atoms with Crippen molar-refractivity contribution in [3.05, 3.63) is 63.7 Å². The number of methoxy groups -OCH3 is 1. The van der Waals surface area contributed by atoms with Gasteiger partial charge in [-0.05, 0) is 43.9 Å². The molecule has 2 aromatic carbocycles. The van der Waals surface area contributed by atoms with Crippen molar-refractivity contribution >= 4 is 23.3 Å². The number of nitro groups is 1. The van der Waals surface area contributed by atoms with Crippen molar-refractivity contribution in [2.45, 2.75) is 19.8 Å². The molecule has 31 heavy (non-hydrogen) atoms. The van der Waals surface area contributed by atoms with E-state index in [1.807, 2.05) is 12.1 Å². The van der Waals surface area contributed by atoms with Crippen LogP contribution in [-0.4, -0.2) is 48.5 Å². The number of nitro benzene ring substituents is 1. The Kier molecular flexibility index (Phi) is 7.07. The second-order valence-electron chi connectivity index (χ2n) is 7.48. The third-order valence-corrected chi connectivity index (χ3v) is 5.55. The van der Waals surface area contributed by atoms with Gasteiger partial charge in [0.25, 0.3) is 11.6 Å². The Balaban J connectivity index is 1.49. The van der Waals surface area contributed by atoms with Crippen molar-refractivity contribution in [1.29, 1.82) is 0 Å². The Morgan fingerprint density at radius 2 is 1.87 bits per heavy atom. The van der Waals surface area contributed by atoms with E-state index in [4.69, 9.17) is 4.74 Å². The van der Waals surface area contributed by atoms with Crippen LogP contribution in [0.1, 0.15) is 28.8 Å². The van der Waals surface area contributed by atoms with E-state index in [0.717, 1.165) is 12.8 Å². The Morgan fingerprint density at radius 1 is 1.16 bits per heavy atom. The molecule has 1 aliphatic heterocycles. The van der Waals surface area contributed by atoms with Gasteiger partial charge in [-0.1, -0.05) is 18.2 Å². The number of para-hydroxylation sites is 2. The van der Waals surface area contributed by atoms with Crippen LogP contribution in [0.15, 0.2) is 42.5 Å². The van der Waals surface area contributed by atoms with E-state index in [0.29, 0.717) is 42.2 Å². The first kappa shape index (κ1) is 22.1. The number of anilines is 1. The molecule has 1 fully saturated rings. The number of amides is 3. The number of urea groups is 1. The SMILES string of the molecule is COc1ccccc1NC(=O)N1CCC(CNC(=O)c2cccc([N+](=O)[O-])c2C)CC1. The molecule has 0 bridgehead atoms. The lowest BCUT2D eigenvalue weighted by Gasteiger charge is -2.32. The summed E-state index contributed by atoms with van der Waals surface area (Å²) in [6.45, 7) is 3.20. The summed E-state index contributed by atoms with van der Waals surface area (Å²) in [4.78, 5) is 37.4. The van der Waals surface area contributed by atoms with Crippen LogP contribution in [0, 0.1) is 23.0 Å². The number of ether oxygens (including phenoxy) is 1. The number of carbonyl (C=O) groups is 2. The van der Waals surface area contributed by atoms with Gasteiger partial charge in [-0.3, -0.25) is 14.9 Å². The molecule has 1 saturated heterocycles. The minimum atomic E-state index is -0.488. The number of benzene rings is 2. The molecule has 3 rings (SSSR count). The van der Waals surface area contributed by atoms with Crippen LogP contribution >= 0.6 is 0 Å². The minimum absolute atomic E-state index is 0.0676. The van der Waals surface area contributed by atoms with Crippen molar-refractivity contribution in [2.75, 3.05) is 32.1 Å². The zero-order chi connectivity index (χ0) is 22.4. The van der Waals surface area contributed by atoms with Crippen LogP contribution in [-0.2, 0) is 0 Å². The molecule has 9 heteroatoms. The number of hydrogen-bond donors (Lipinski definition) is 2. The molecule has 0 aliphatic carbocycles. The highest BCUT2D eigenvalue weighted by molar-refractivity contribution is 5.96. The van der Waals surface area contributed by atoms with Gasteiger partial charge in [0.2, 0.25) is 0 Å². The lowest BCUT2D eigenvalue weighted by Crippen LogP contribution is -2.43. The molecular weight excluding hydrogens is 400 g/mol. The van der Waals surface area contributed by atoms with Gasteiger partial charge >= 0.3 is 6.03 Å². The maximum atomic E-state index is 12.6. The van der Waals surface area contributed by atoms with Gasteiger partial charge in [0, 0.05) is 36.8 Å². The van der Waals surface area contributed by atoms with Gasteiger partial charge in [-0.25, -0.2) is 4.79 Å². The summed E-state index contributed by atoms with van der Waals surface area (Å²) < 4.78 is 5.26. The Hall–Kier alpha value is -3.62. The summed E-state index contributed by atoms with van der Waals surface area (Å²) in [6.07, 6.45) is 1.51. The lowest BCUT2D eigenvalue weighted by molar-refractivity contribution is -0.385. The molecule has 0 spiro atoms. The first-order valence-electron chi connectivity index (χ1n) is 10.1. The van der Waals surface area contributed by atoms with Gasteiger partial charge < -0.3 is 20.3 Å². The van der Waals surface area contributed by atoms with Crippen LogP contribution in [0.25, 0.3) is 0 Å². The summed E-state index contributed by atoms with van der Waals surface area (Å²) >= 11 is 0. The smallest absolute Gasteiger partial charge is 0.321 e. The Morgan fingerprint density at radius 3 is 2.55 bits per heavy atom. The zero-order valence-electron chi connectivity index (χ0n) is 17.6. The number of nitrogens with zero attached hydrogens (tertiary/aromatic N) is 2. The molecule has 9 nitrogen and oxygen atoms in total. The molecule has 0 radical (unpaired) electrons. The van der Waals surface area contributed by atoms with Crippen molar-refractivity contribution in [2.24, 2.45) is 5.92 Å². The van der Waals surface area contributed by atoms with E-state index in [1.165, 1.54) is 12.1 Å². The predicted octanol–water partition coefficient (Wildman–Crippen LogP) is 3.59. The number of piperidine rings is 1. The summed E-state index contributed by atoms with van der Waals surface area (Å²) in [7, 11) is 1.56. The normalized spacial score (nSPS) is 14.1. The van der Waals surface area contributed by atoms with Crippen LogP contribution in [0.3, 0.4) is 0 Å². The molecule has 1 aliphatic rings. The van der Waals surface area contributed by atoms with E-state index in [2.05, 4.69) is 10.6 Å². The van der Waals surface area contributed by atoms with Crippen LogP contribution in [0.4, 0.5) is 16.2 Å². The largest absolute Gasteiger partial charge is 0.495 e. The second-order valence-corrected chi connectivity index (χ2v) is 7.48. The van der Waals surface area contributed by atoms with Gasteiger partial charge in [0.15, 0.2) is 0 Å². The third kappa shape index (κ3) is 5.30. The molecule has 1 heterocycles. The molecule has 0 unspecified atom stereocenters. The fraction of sp³-hybridized carbons (Fsp3) is 0.364. The van der Waals surface area contributed by atoms with Gasteiger partial charge in [0.1, 0.15) is 5.75 Å². The third-order valence-electron chi connectivity index (χ3n) is 5.55. The van der Waals surface area contributed by atoms with E-state index < -0.39 is 4.92 Å². The number of carbonyl (C=O) groups excluding carboxylic acids is 2. The highest BCUT2D eigenvalue weighted by Gasteiger charge is 2.24. The first-order chi connectivity index (χ1) is 14.9. The van der Waals surface area contributed by atoms with E-state index >= 15 is 0 Å². The summed E-state index contributed by atoms with van der Waals surface area (Å²) in [5, 5.41) is 16.8. The van der Waals surface area contributed by atoms with Gasteiger partial charge in [-0.2, -0.15) is 0 Å². The summed E-state index contributed by atoms with van der Waals surface area (Å²) in [5.41, 5.74) is 1.22. The molecule has 164 valence electrons. The quantitative estimate of drug-likeness (QED) is 0.541. The van der Waals surface area contributed by atoms with E-state index in [9.17, 15) is 19.7 Å². The standard InChI is InChI=1S/C22H26N4O5/c1-15-17(6-5-8-19(15)26(29)30)21(27)23-14-16-10-12-25(13-11-16)22(28)24-18-7-3-4-9-20(18)31-2/h3-9,16H,10-14H2,1-2H3,(H,23,27)(H,24,28). The molecule has 3 amide bonds. The molecule has 2 N–H and O–H groups in total. The number of hydrogen-bond acceptors (Lipinski definition) is 5. The minimum Gasteiger partial charge on any atom is -0.495 e. The maximum Gasteiger partial charge on any atom is 0.321 e.